The molecule has 0 heterocycles. The van der Waals surface area contributed by atoms with E-state index in [0.29, 0.717) is 18.2 Å². The van der Waals surface area contributed by atoms with E-state index < -0.39 is 10.0 Å². The zero-order valence-electron chi connectivity index (χ0n) is 11.3. The van der Waals surface area contributed by atoms with E-state index in [1.165, 1.54) is 4.31 Å². The Morgan fingerprint density at radius 2 is 1.79 bits per heavy atom. The average Bonchev–Trinajstić information content (AvgIpc) is 2.43. The van der Waals surface area contributed by atoms with E-state index in [1.54, 1.807) is 38.4 Å². The van der Waals surface area contributed by atoms with E-state index in [-0.39, 0.29) is 4.90 Å². The van der Waals surface area contributed by atoms with Crippen LogP contribution in [0.3, 0.4) is 0 Å². The summed E-state index contributed by atoms with van der Waals surface area (Å²) in [5, 5.41) is 0. The number of unbranched alkanes of at least 4 members (excludes halogenated alkanes) is 2. The second kappa shape index (κ2) is 7.72. The van der Waals surface area contributed by atoms with Crippen molar-refractivity contribution >= 4 is 21.6 Å². The van der Waals surface area contributed by atoms with Crippen molar-refractivity contribution in [3.05, 3.63) is 24.3 Å². The van der Waals surface area contributed by atoms with Crippen molar-refractivity contribution in [1.29, 1.82) is 0 Å². The first-order chi connectivity index (χ1) is 9.02. The largest absolute Gasteiger partial charge is 0.497 e. The molecule has 0 fully saturated rings. The van der Waals surface area contributed by atoms with Crippen LogP contribution < -0.4 is 4.74 Å². The molecule has 0 aliphatic heterocycles. The molecule has 0 amide bonds. The van der Waals surface area contributed by atoms with Crippen molar-refractivity contribution in [2.75, 3.05) is 26.6 Å². The summed E-state index contributed by atoms with van der Waals surface area (Å²) < 4.78 is 30.9. The average molecular weight is 306 g/mol. The highest BCUT2D eigenvalue weighted by Crippen LogP contribution is 2.18. The van der Waals surface area contributed by atoms with E-state index in [4.69, 9.17) is 16.3 Å². The molecule has 0 aliphatic rings. The minimum atomic E-state index is -3.41. The third-order valence-corrected chi connectivity index (χ3v) is 5.01. The molecule has 108 valence electrons. The Kier molecular flexibility index (Phi) is 6.62. The summed E-state index contributed by atoms with van der Waals surface area (Å²) in [5.74, 6) is 1.26. The normalized spacial score (nSPS) is 11.8. The Balaban J connectivity index is 2.67. The van der Waals surface area contributed by atoms with Crippen molar-refractivity contribution < 1.29 is 13.2 Å². The summed E-state index contributed by atoms with van der Waals surface area (Å²) in [6.07, 6.45) is 2.67. The van der Waals surface area contributed by atoms with Crippen molar-refractivity contribution in [2.45, 2.75) is 24.2 Å². The second-order valence-electron chi connectivity index (χ2n) is 4.25. The predicted octanol–water partition coefficient (Wildman–Crippen LogP) is 2.72. The lowest BCUT2D eigenvalue weighted by Crippen LogP contribution is -2.27. The Labute approximate surface area is 120 Å². The summed E-state index contributed by atoms with van der Waals surface area (Å²) >= 11 is 5.59. The van der Waals surface area contributed by atoms with Crippen LogP contribution in [0.1, 0.15) is 19.3 Å². The number of hydrogen-bond acceptors (Lipinski definition) is 3. The fourth-order valence-corrected chi connectivity index (χ4v) is 3.05. The number of alkyl halides is 1. The zero-order chi connectivity index (χ0) is 14.3. The molecule has 1 rings (SSSR count). The van der Waals surface area contributed by atoms with Gasteiger partial charge in [0.2, 0.25) is 10.0 Å². The molecule has 19 heavy (non-hydrogen) atoms. The summed E-state index contributed by atoms with van der Waals surface area (Å²) in [6.45, 7) is 0.505. The van der Waals surface area contributed by atoms with Crippen LogP contribution in [0.5, 0.6) is 5.75 Å². The first kappa shape index (κ1) is 16.3. The van der Waals surface area contributed by atoms with Gasteiger partial charge in [0, 0.05) is 19.5 Å². The summed E-state index contributed by atoms with van der Waals surface area (Å²) in [5.41, 5.74) is 0. The van der Waals surface area contributed by atoms with Crippen LogP contribution in [0.4, 0.5) is 0 Å². The second-order valence-corrected chi connectivity index (χ2v) is 6.67. The Morgan fingerprint density at radius 3 is 2.32 bits per heavy atom. The number of nitrogens with zero attached hydrogens (tertiary/aromatic N) is 1. The smallest absolute Gasteiger partial charge is 0.242 e. The first-order valence-electron chi connectivity index (χ1n) is 6.18. The molecule has 0 aromatic heterocycles. The number of methoxy groups -OCH3 is 1. The monoisotopic (exact) mass is 305 g/mol. The molecule has 0 aliphatic carbocycles. The van der Waals surface area contributed by atoms with Crippen LogP contribution in [0.15, 0.2) is 29.2 Å². The lowest BCUT2D eigenvalue weighted by atomic mass is 10.2. The molecule has 1 aromatic carbocycles. The standard InChI is InChI=1S/C13H20ClNO3S/c1-15(11-5-3-4-10-14)19(16,17)13-8-6-12(18-2)7-9-13/h6-9H,3-5,10-11H2,1-2H3. The molecular formula is C13H20ClNO3S. The summed E-state index contributed by atoms with van der Waals surface area (Å²) in [6, 6.07) is 6.41. The Bertz CT molecular complexity index is 473. The quantitative estimate of drug-likeness (QED) is 0.548. The maximum Gasteiger partial charge on any atom is 0.242 e. The maximum absolute atomic E-state index is 12.3. The topological polar surface area (TPSA) is 46.6 Å². The highest BCUT2D eigenvalue weighted by atomic mass is 35.5. The fraction of sp³-hybridized carbons (Fsp3) is 0.538. The van der Waals surface area contributed by atoms with Crippen LogP contribution in [-0.4, -0.2) is 39.3 Å². The van der Waals surface area contributed by atoms with E-state index in [1.807, 2.05) is 0 Å². The lowest BCUT2D eigenvalue weighted by molar-refractivity contribution is 0.414. The number of hydrogen-bond donors (Lipinski definition) is 0. The number of benzene rings is 1. The van der Waals surface area contributed by atoms with Gasteiger partial charge in [-0.15, -0.1) is 11.6 Å². The molecule has 4 nitrogen and oxygen atoms in total. The molecular weight excluding hydrogens is 286 g/mol. The minimum absolute atomic E-state index is 0.285. The molecule has 0 atom stereocenters. The molecule has 0 N–H and O–H groups in total. The van der Waals surface area contributed by atoms with Gasteiger partial charge in [0.25, 0.3) is 0 Å². The molecule has 0 saturated heterocycles. The van der Waals surface area contributed by atoms with Crippen LogP contribution >= 0.6 is 11.6 Å². The van der Waals surface area contributed by atoms with E-state index in [9.17, 15) is 8.42 Å². The van der Waals surface area contributed by atoms with Gasteiger partial charge in [0.05, 0.1) is 12.0 Å². The van der Waals surface area contributed by atoms with Gasteiger partial charge < -0.3 is 4.74 Å². The Morgan fingerprint density at radius 1 is 1.16 bits per heavy atom. The molecule has 0 saturated carbocycles. The summed E-state index contributed by atoms with van der Waals surface area (Å²) in [4.78, 5) is 0.285. The van der Waals surface area contributed by atoms with E-state index in [0.717, 1.165) is 19.3 Å². The van der Waals surface area contributed by atoms with Gasteiger partial charge in [-0.25, -0.2) is 12.7 Å². The number of halogens is 1. The molecule has 0 radical (unpaired) electrons. The van der Waals surface area contributed by atoms with Crippen LogP contribution in [0, 0.1) is 0 Å². The Hall–Kier alpha value is -0.780. The van der Waals surface area contributed by atoms with Crippen LogP contribution in [-0.2, 0) is 10.0 Å². The van der Waals surface area contributed by atoms with Crippen molar-refractivity contribution in [3.63, 3.8) is 0 Å². The van der Waals surface area contributed by atoms with Crippen molar-refractivity contribution in [1.82, 2.24) is 4.31 Å². The summed E-state index contributed by atoms with van der Waals surface area (Å²) in [7, 11) is -0.261. The SMILES string of the molecule is COc1ccc(S(=O)(=O)N(C)CCCCCCl)cc1. The first-order valence-corrected chi connectivity index (χ1v) is 8.16. The van der Waals surface area contributed by atoms with Gasteiger partial charge in [0.1, 0.15) is 5.75 Å². The molecule has 1 aromatic rings. The maximum atomic E-state index is 12.3. The van der Waals surface area contributed by atoms with Gasteiger partial charge in [-0.1, -0.05) is 6.42 Å². The lowest BCUT2D eigenvalue weighted by Gasteiger charge is -2.17. The van der Waals surface area contributed by atoms with Crippen LogP contribution in [0.25, 0.3) is 0 Å². The molecule has 6 heteroatoms. The fourth-order valence-electron chi connectivity index (χ4n) is 1.65. The van der Waals surface area contributed by atoms with Gasteiger partial charge >= 0.3 is 0 Å². The van der Waals surface area contributed by atoms with E-state index >= 15 is 0 Å². The van der Waals surface area contributed by atoms with Crippen LogP contribution in [0.2, 0.25) is 0 Å². The highest BCUT2D eigenvalue weighted by Gasteiger charge is 2.19. The third kappa shape index (κ3) is 4.67. The van der Waals surface area contributed by atoms with Gasteiger partial charge in [-0.05, 0) is 37.1 Å². The minimum Gasteiger partial charge on any atom is -0.497 e. The molecule has 0 spiro atoms. The number of sulfonamides is 1. The van der Waals surface area contributed by atoms with Gasteiger partial charge in [-0.3, -0.25) is 0 Å². The van der Waals surface area contributed by atoms with E-state index in [2.05, 4.69) is 0 Å². The van der Waals surface area contributed by atoms with Gasteiger partial charge in [0.15, 0.2) is 0 Å². The highest BCUT2D eigenvalue weighted by molar-refractivity contribution is 7.89. The van der Waals surface area contributed by atoms with Crippen molar-refractivity contribution in [3.8, 4) is 5.75 Å². The van der Waals surface area contributed by atoms with Gasteiger partial charge in [-0.2, -0.15) is 0 Å². The molecule has 0 bridgehead atoms. The third-order valence-electron chi connectivity index (χ3n) is 2.87. The predicted molar refractivity (Wildman–Crippen MR) is 77.4 cm³/mol. The molecule has 0 unspecified atom stereocenters. The number of ether oxygens (including phenoxy) is 1. The van der Waals surface area contributed by atoms with Crippen molar-refractivity contribution in [2.24, 2.45) is 0 Å². The zero-order valence-corrected chi connectivity index (χ0v) is 12.9. The number of rotatable bonds is 8.